The second-order valence-electron chi connectivity index (χ2n) is 7.08. The molecule has 0 amide bonds. The molecule has 0 aliphatic carbocycles. The Hall–Kier alpha value is -3.04. The van der Waals surface area contributed by atoms with Gasteiger partial charge in [0.25, 0.3) is 0 Å². The Balaban J connectivity index is 1.64. The summed E-state index contributed by atoms with van der Waals surface area (Å²) in [5.41, 5.74) is 7.36. The van der Waals surface area contributed by atoms with E-state index in [1.807, 2.05) is 0 Å². The van der Waals surface area contributed by atoms with Crippen molar-refractivity contribution in [1.29, 1.82) is 0 Å². The van der Waals surface area contributed by atoms with E-state index in [2.05, 4.69) is 111 Å². The maximum Gasteiger partial charge on any atom is 0.0249 e. The van der Waals surface area contributed by atoms with Gasteiger partial charge >= 0.3 is 0 Å². The molecule has 0 N–H and O–H groups in total. The van der Waals surface area contributed by atoms with Gasteiger partial charge in [-0.25, -0.2) is 0 Å². The minimum Gasteiger partial charge on any atom is -0.0917 e. The molecule has 0 saturated heterocycles. The van der Waals surface area contributed by atoms with Gasteiger partial charge in [-0.15, -0.1) is 0 Å². The third-order valence-electron chi connectivity index (χ3n) is 4.85. The molecule has 0 aliphatic rings. The van der Waals surface area contributed by atoms with Crippen molar-refractivity contribution in [3.05, 3.63) is 107 Å². The first-order valence-electron chi connectivity index (χ1n) is 10.2. The number of allylic oxidation sites excluding steroid dienone is 2. The first-order chi connectivity index (χ1) is 13.8. The number of aryl methyl sites for hydroxylation is 2. The molecular weight excluding hydrogens is 336 g/mol. The highest BCUT2D eigenvalue weighted by Crippen LogP contribution is 2.20. The third-order valence-corrected chi connectivity index (χ3v) is 4.85. The molecule has 0 spiro atoms. The van der Waals surface area contributed by atoms with E-state index in [9.17, 15) is 0 Å². The number of hydrogen-bond acceptors (Lipinski definition) is 0. The first-order valence-corrected chi connectivity index (χ1v) is 10.2. The van der Waals surface area contributed by atoms with Crippen molar-refractivity contribution in [2.24, 2.45) is 0 Å². The molecule has 0 heteroatoms. The molecule has 0 nitrogen and oxygen atoms in total. The van der Waals surface area contributed by atoms with Crippen molar-refractivity contribution in [1.82, 2.24) is 0 Å². The third kappa shape index (κ3) is 5.73. The number of hydrogen-bond donors (Lipinski definition) is 0. The van der Waals surface area contributed by atoms with Gasteiger partial charge in [0.1, 0.15) is 0 Å². The maximum absolute atomic E-state index is 3.28. The zero-order valence-electron chi connectivity index (χ0n) is 16.9. The second-order valence-corrected chi connectivity index (χ2v) is 7.08. The van der Waals surface area contributed by atoms with Crippen LogP contribution in [0.5, 0.6) is 0 Å². The summed E-state index contributed by atoms with van der Waals surface area (Å²) in [6, 6.07) is 26.0. The Kier molecular flexibility index (Phi) is 7.28. The van der Waals surface area contributed by atoms with Crippen LogP contribution in [0.4, 0.5) is 0 Å². The van der Waals surface area contributed by atoms with Gasteiger partial charge in [-0.05, 0) is 72.7 Å². The maximum atomic E-state index is 3.28. The Morgan fingerprint density at radius 1 is 0.643 bits per heavy atom. The van der Waals surface area contributed by atoms with Crippen molar-refractivity contribution in [3.8, 4) is 23.0 Å². The lowest BCUT2D eigenvalue weighted by Gasteiger charge is -2.04. The minimum absolute atomic E-state index is 1.04. The van der Waals surface area contributed by atoms with E-state index in [0.717, 1.165) is 30.4 Å². The van der Waals surface area contributed by atoms with Crippen LogP contribution in [0.15, 0.2) is 84.9 Å². The SMILES string of the molecule is C/C=C/CCc1ccc(C#Cc2ccc(-c3ccc(CCC)cc3)cc2)cc1. The zero-order chi connectivity index (χ0) is 19.6. The average molecular weight is 365 g/mol. The Bertz CT molecular complexity index is 944. The smallest absolute Gasteiger partial charge is 0.0249 e. The highest BCUT2D eigenvalue weighted by Gasteiger charge is 1.98. The summed E-state index contributed by atoms with van der Waals surface area (Å²) in [7, 11) is 0. The fourth-order valence-electron chi connectivity index (χ4n) is 3.21. The quantitative estimate of drug-likeness (QED) is 0.320. The summed E-state index contributed by atoms with van der Waals surface area (Å²) in [4.78, 5) is 0. The summed E-state index contributed by atoms with van der Waals surface area (Å²) in [6.07, 6.45) is 8.81. The van der Waals surface area contributed by atoms with Crippen LogP contribution < -0.4 is 0 Å². The van der Waals surface area contributed by atoms with Gasteiger partial charge in [0, 0.05) is 11.1 Å². The van der Waals surface area contributed by atoms with Crippen LogP contribution in [-0.2, 0) is 12.8 Å². The molecule has 0 fully saturated rings. The van der Waals surface area contributed by atoms with Crippen LogP contribution in [0.1, 0.15) is 48.9 Å². The molecule has 0 unspecified atom stereocenters. The summed E-state index contributed by atoms with van der Waals surface area (Å²) in [6.45, 7) is 4.28. The minimum atomic E-state index is 1.04. The predicted octanol–water partition coefficient (Wildman–Crippen LogP) is 7.21. The Morgan fingerprint density at radius 3 is 1.64 bits per heavy atom. The fourth-order valence-corrected chi connectivity index (χ4v) is 3.21. The van der Waals surface area contributed by atoms with E-state index >= 15 is 0 Å². The molecule has 0 aliphatic heterocycles. The highest BCUT2D eigenvalue weighted by atomic mass is 14.0. The van der Waals surface area contributed by atoms with Crippen LogP contribution >= 0.6 is 0 Å². The molecule has 0 heterocycles. The molecule has 140 valence electrons. The van der Waals surface area contributed by atoms with Gasteiger partial charge in [-0.1, -0.05) is 85.9 Å². The molecule has 0 bridgehead atoms. The van der Waals surface area contributed by atoms with E-state index in [0.29, 0.717) is 0 Å². The molecule has 3 aromatic carbocycles. The van der Waals surface area contributed by atoms with Crippen molar-refractivity contribution in [2.75, 3.05) is 0 Å². The molecule has 0 radical (unpaired) electrons. The van der Waals surface area contributed by atoms with Gasteiger partial charge in [0.2, 0.25) is 0 Å². The Labute approximate surface area is 170 Å². The summed E-state index contributed by atoms with van der Waals surface area (Å²) >= 11 is 0. The van der Waals surface area contributed by atoms with E-state index in [1.54, 1.807) is 0 Å². The van der Waals surface area contributed by atoms with Crippen molar-refractivity contribution in [3.63, 3.8) is 0 Å². The standard InChI is InChI=1S/C28H28/c1-3-5-6-8-24-9-11-25(12-10-24)13-14-26-17-21-28(22-18-26)27-19-15-23(7-4-2)16-20-27/h3,5,9-12,15-22H,4,6-8H2,1-2H3/b5-3+. The lowest BCUT2D eigenvalue weighted by molar-refractivity contribution is 0.922. The van der Waals surface area contributed by atoms with Gasteiger partial charge in [0.05, 0.1) is 0 Å². The molecule has 3 aromatic rings. The van der Waals surface area contributed by atoms with Gasteiger partial charge in [-0.3, -0.25) is 0 Å². The topological polar surface area (TPSA) is 0 Å². The van der Waals surface area contributed by atoms with Crippen LogP contribution in [0.3, 0.4) is 0 Å². The van der Waals surface area contributed by atoms with Gasteiger partial charge in [0.15, 0.2) is 0 Å². The summed E-state index contributed by atoms with van der Waals surface area (Å²) < 4.78 is 0. The van der Waals surface area contributed by atoms with E-state index in [1.165, 1.54) is 28.7 Å². The van der Waals surface area contributed by atoms with Crippen LogP contribution in [0.2, 0.25) is 0 Å². The highest BCUT2D eigenvalue weighted by molar-refractivity contribution is 5.64. The van der Waals surface area contributed by atoms with Gasteiger partial charge < -0.3 is 0 Å². The fraction of sp³-hybridized carbons (Fsp3) is 0.214. The zero-order valence-corrected chi connectivity index (χ0v) is 16.9. The predicted molar refractivity (Wildman–Crippen MR) is 121 cm³/mol. The van der Waals surface area contributed by atoms with Crippen molar-refractivity contribution in [2.45, 2.75) is 39.5 Å². The average Bonchev–Trinajstić information content (AvgIpc) is 2.75. The normalized spacial score (nSPS) is 10.6. The summed E-state index contributed by atoms with van der Waals surface area (Å²) in [5, 5.41) is 0. The number of benzene rings is 3. The summed E-state index contributed by atoms with van der Waals surface area (Å²) in [5.74, 6) is 6.55. The molecule has 0 atom stereocenters. The molecule has 3 rings (SSSR count). The monoisotopic (exact) mass is 364 g/mol. The lowest BCUT2D eigenvalue weighted by Crippen LogP contribution is -1.84. The van der Waals surface area contributed by atoms with E-state index in [-0.39, 0.29) is 0 Å². The van der Waals surface area contributed by atoms with Crippen molar-refractivity contribution < 1.29 is 0 Å². The molecule has 0 aromatic heterocycles. The van der Waals surface area contributed by atoms with Crippen LogP contribution in [0.25, 0.3) is 11.1 Å². The Morgan fingerprint density at radius 2 is 1.11 bits per heavy atom. The second kappa shape index (κ2) is 10.3. The van der Waals surface area contributed by atoms with Crippen LogP contribution in [-0.4, -0.2) is 0 Å². The molecular formula is C28H28. The van der Waals surface area contributed by atoms with Crippen molar-refractivity contribution >= 4 is 0 Å². The molecule has 0 saturated carbocycles. The van der Waals surface area contributed by atoms with Gasteiger partial charge in [-0.2, -0.15) is 0 Å². The van der Waals surface area contributed by atoms with E-state index in [4.69, 9.17) is 0 Å². The van der Waals surface area contributed by atoms with Crippen LogP contribution in [0, 0.1) is 11.8 Å². The largest absolute Gasteiger partial charge is 0.0917 e. The number of rotatable bonds is 6. The molecule has 28 heavy (non-hydrogen) atoms. The first kappa shape index (κ1) is 19.7. The van der Waals surface area contributed by atoms with E-state index < -0.39 is 0 Å². The lowest BCUT2D eigenvalue weighted by atomic mass is 10.0.